The molecule has 0 bridgehead atoms. The van der Waals surface area contributed by atoms with Crippen molar-refractivity contribution >= 4 is 20.2 Å². The van der Waals surface area contributed by atoms with Crippen molar-refractivity contribution in [2.75, 3.05) is 0 Å². The molecule has 0 saturated heterocycles. The van der Waals surface area contributed by atoms with Crippen molar-refractivity contribution in [3.05, 3.63) is 0 Å². The summed E-state index contributed by atoms with van der Waals surface area (Å²) in [4.78, 5) is 0. The molecule has 0 aliphatic heterocycles. The maximum Gasteiger partial charge on any atom is 0.145 e. The Kier molecular flexibility index (Phi) is 17.8. The summed E-state index contributed by atoms with van der Waals surface area (Å²) >= 11 is 0. The smallest absolute Gasteiger partial charge is 0.145 e. The lowest BCUT2D eigenvalue weighted by molar-refractivity contribution is 0.541. The Bertz CT molecular complexity index is 126. The molecule has 0 unspecified atom stereocenters. The number of rotatable bonds is 15. The van der Waals surface area contributed by atoms with Crippen LogP contribution >= 0.6 is 0 Å². The molecule has 3 heteroatoms. The van der Waals surface area contributed by atoms with Crippen LogP contribution in [0, 0.1) is 0 Å². The fourth-order valence-electron chi connectivity index (χ4n) is 2.44. The third-order valence-electron chi connectivity index (χ3n) is 3.70. The minimum Gasteiger partial charge on any atom is -0.468 e. The van der Waals surface area contributed by atoms with Crippen molar-refractivity contribution in [2.45, 2.75) is 96.4 Å². The molecule has 0 amide bonds. The predicted molar refractivity (Wildman–Crippen MR) is 90.1 cm³/mol. The highest BCUT2D eigenvalue weighted by Gasteiger charge is 1.93. The lowest BCUT2D eigenvalue weighted by Crippen LogP contribution is -1.93. The molecule has 0 aromatic rings. The van der Waals surface area contributed by atoms with Crippen molar-refractivity contribution in [2.24, 2.45) is 0 Å². The zero-order valence-electron chi connectivity index (χ0n) is 13.0. The molecule has 0 saturated carbocycles. The second-order valence-corrected chi connectivity index (χ2v) is 9.01. The van der Waals surface area contributed by atoms with Gasteiger partial charge >= 0.3 is 0 Å². The van der Waals surface area contributed by atoms with Crippen LogP contribution in [-0.2, 0) is 4.12 Å². The molecule has 110 valence electrons. The Hall–Kier alpha value is 0.394. The highest BCUT2D eigenvalue weighted by molar-refractivity contribution is 6.34. The molecule has 0 atom stereocenters. The van der Waals surface area contributed by atoms with Gasteiger partial charge in [0.25, 0.3) is 0 Å². The summed E-state index contributed by atoms with van der Waals surface area (Å²) in [7, 11) is 0.895. The Morgan fingerprint density at radius 1 is 0.667 bits per heavy atom. The highest BCUT2D eigenvalue weighted by Crippen LogP contribution is 2.12. The molecule has 0 N–H and O–H groups in total. The highest BCUT2D eigenvalue weighted by atomic mass is 28.3. The van der Waals surface area contributed by atoms with E-state index in [-0.39, 0.29) is 9.76 Å². The largest absolute Gasteiger partial charge is 0.468 e. The van der Waals surface area contributed by atoms with Crippen LogP contribution in [0.25, 0.3) is 0 Å². The van der Waals surface area contributed by atoms with Gasteiger partial charge in [-0.15, -0.1) is 0 Å². The average Bonchev–Trinajstić information content (AvgIpc) is 2.39. The van der Waals surface area contributed by atoms with E-state index in [1.807, 2.05) is 0 Å². The van der Waals surface area contributed by atoms with Crippen molar-refractivity contribution in [1.82, 2.24) is 0 Å². The van der Waals surface area contributed by atoms with E-state index in [4.69, 9.17) is 4.12 Å². The Labute approximate surface area is 121 Å². The summed E-state index contributed by atoms with van der Waals surface area (Å²) in [5.74, 6) is 0. The Morgan fingerprint density at radius 2 is 1.06 bits per heavy atom. The van der Waals surface area contributed by atoms with Gasteiger partial charge in [-0.1, -0.05) is 90.4 Å². The quantitative estimate of drug-likeness (QED) is 0.328. The second-order valence-electron chi connectivity index (χ2n) is 5.59. The zero-order valence-corrected chi connectivity index (χ0v) is 16.4. The molecule has 0 aliphatic carbocycles. The topological polar surface area (TPSA) is 9.23 Å². The zero-order chi connectivity index (χ0) is 13.3. The Morgan fingerprint density at radius 3 is 1.44 bits per heavy atom. The maximum atomic E-state index is 5.33. The first kappa shape index (κ1) is 18.4. The number of unbranched alkanes of at least 4 members (excludes halogenated alkanes) is 12. The molecule has 0 aliphatic rings. The molecule has 0 rings (SSSR count). The van der Waals surface area contributed by atoms with E-state index in [2.05, 4.69) is 6.92 Å². The normalized spacial score (nSPS) is 11.8. The second kappa shape index (κ2) is 17.4. The minimum atomic E-state index is -0.0766. The van der Waals surface area contributed by atoms with Crippen LogP contribution in [-0.4, -0.2) is 20.2 Å². The van der Waals surface area contributed by atoms with Crippen LogP contribution in [0.2, 0.25) is 6.04 Å². The van der Waals surface area contributed by atoms with Crippen LogP contribution in [0.3, 0.4) is 0 Å². The molecule has 18 heavy (non-hydrogen) atoms. The molecule has 0 heterocycles. The van der Waals surface area contributed by atoms with Gasteiger partial charge in [-0.25, -0.2) is 0 Å². The van der Waals surface area contributed by atoms with Gasteiger partial charge in [-0.3, -0.25) is 0 Å². The van der Waals surface area contributed by atoms with Gasteiger partial charge in [0.05, 0.1) is 0 Å². The van der Waals surface area contributed by atoms with Crippen LogP contribution in [0.1, 0.15) is 90.4 Å². The molecule has 1 nitrogen and oxygen atoms in total. The molecular weight excluding hydrogens is 252 g/mol. The van der Waals surface area contributed by atoms with Crippen molar-refractivity contribution in [3.63, 3.8) is 0 Å². The average molecular weight is 289 g/mol. The number of hydrogen-bond acceptors (Lipinski definition) is 1. The molecule has 0 spiro atoms. The van der Waals surface area contributed by atoms with Crippen LogP contribution < -0.4 is 0 Å². The van der Waals surface area contributed by atoms with Crippen LogP contribution in [0.5, 0.6) is 0 Å². The first-order chi connectivity index (χ1) is 8.91. The van der Waals surface area contributed by atoms with Gasteiger partial charge in [-0.05, 0) is 6.04 Å². The van der Waals surface area contributed by atoms with Crippen molar-refractivity contribution < 1.29 is 4.12 Å². The first-order valence-electron chi connectivity index (χ1n) is 8.40. The fourth-order valence-corrected chi connectivity index (χ4v) is 4.15. The summed E-state index contributed by atoms with van der Waals surface area (Å²) in [5, 5.41) is 0. The van der Waals surface area contributed by atoms with Gasteiger partial charge in [0.2, 0.25) is 0 Å². The fraction of sp³-hybridized carbons (Fsp3) is 1.00. The lowest BCUT2D eigenvalue weighted by Gasteiger charge is -2.03. The maximum absolute atomic E-state index is 5.33. The van der Waals surface area contributed by atoms with Gasteiger partial charge in [0, 0.05) is 0 Å². The van der Waals surface area contributed by atoms with E-state index >= 15 is 0 Å². The summed E-state index contributed by atoms with van der Waals surface area (Å²) in [6.45, 7) is 2.29. The molecule has 0 aromatic carbocycles. The molecule has 0 fully saturated rings. The van der Waals surface area contributed by atoms with Gasteiger partial charge in [-0.2, -0.15) is 0 Å². The van der Waals surface area contributed by atoms with Crippen LogP contribution in [0.4, 0.5) is 0 Å². The molecule has 0 aromatic heterocycles. The summed E-state index contributed by atoms with van der Waals surface area (Å²) in [6.07, 6.45) is 19.0. The van der Waals surface area contributed by atoms with Crippen molar-refractivity contribution in [1.29, 1.82) is 0 Å². The molecule has 0 radical (unpaired) electrons. The van der Waals surface area contributed by atoms with Crippen LogP contribution in [0.15, 0.2) is 0 Å². The molecular formula is C15H36OSi2. The summed E-state index contributed by atoms with van der Waals surface area (Å²) in [6, 6.07) is 1.42. The Balaban J connectivity index is 2.86. The monoisotopic (exact) mass is 288 g/mol. The minimum absolute atomic E-state index is 0.0766. The predicted octanol–water partition coefficient (Wildman–Crippen LogP) is 3.88. The van der Waals surface area contributed by atoms with E-state index in [9.17, 15) is 0 Å². The van der Waals surface area contributed by atoms with E-state index in [0.29, 0.717) is 0 Å². The first-order valence-corrected chi connectivity index (χ1v) is 10.8. The number of hydrogen-bond donors (Lipinski definition) is 0. The summed E-state index contributed by atoms with van der Waals surface area (Å²) in [5.41, 5.74) is 0. The third-order valence-corrected chi connectivity index (χ3v) is 6.12. The van der Waals surface area contributed by atoms with Gasteiger partial charge in [0.15, 0.2) is 0 Å². The van der Waals surface area contributed by atoms with Gasteiger partial charge < -0.3 is 4.12 Å². The van der Waals surface area contributed by atoms with E-state index in [1.54, 1.807) is 0 Å². The summed E-state index contributed by atoms with van der Waals surface area (Å²) < 4.78 is 5.33. The van der Waals surface area contributed by atoms with E-state index in [0.717, 1.165) is 10.5 Å². The van der Waals surface area contributed by atoms with Gasteiger partial charge in [0.1, 0.15) is 20.2 Å². The van der Waals surface area contributed by atoms with E-state index in [1.165, 1.54) is 89.5 Å². The standard InChI is InChI=1S/C15H36OSi2/c1-2-3-4-5-6-7-8-9-10-11-12-13-14-15-18-16-17/h2-15,18H2,1,17H3. The lowest BCUT2D eigenvalue weighted by atomic mass is 10.1. The van der Waals surface area contributed by atoms with E-state index < -0.39 is 0 Å². The third kappa shape index (κ3) is 16.4. The van der Waals surface area contributed by atoms with Crippen molar-refractivity contribution in [3.8, 4) is 0 Å². The SMILES string of the molecule is CCCCCCCCCCCCCCC[SiH2]O[SiH3].